The SMILES string of the molecule is COP(=O)(OC)C(C)(C)CC(F)(F)C(C)C. The molecule has 0 N–H and O–H groups in total. The summed E-state index contributed by atoms with van der Waals surface area (Å²) in [5.74, 6) is -3.70. The van der Waals surface area contributed by atoms with E-state index in [0.29, 0.717) is 0 Å². The first kappa shape index (κ1) is 16.0. The van der Waals surface area contributed by atoms with Gasteiger partial charge in [0.2, 0.25) is 0 Å². The molecule has 0 bridgehead atoms. The van der Waals surface area contributed by atoms with Gasteiger partial charge in [-0.15, -0.1) is 0 Å². The first-order chi connectivity index (χ1) is 7.02. The predicted molar refractivity (Wildman–Crippen MR) is 60.1 cm³/mol. The molecule has 3 nitrogen and oxygen atoms in total. The largest absolute Gasteiger partial charge is 0.335 e. The molecule has 0 aromatic rings. The number of hydrogen-bond acceptors (Lipinski definition) is 3. The highest BCUT2D eigenvalue weighted by atomic mass is 31.2. The molecule has 6 heteroatoms. The van der Waals surface area contributed by atoms with Gasteiger partial charge in [0.15, 0.2) is 0 Å². The van der Waals surface area contributed by atoms with E-state index in [2.05, 4.69) is 0 Å². The first-order valence-electron chi connectivity index (χ1n) is 5.12. The van der Waals surface area contributed by atoms with Crippen molar-refractivity contribution in [2.45, 2.75) is 45.2 Å². The van der Waals surface area contributed by atoms with Gasteiger partial charge in [0.05, 0.1) is 5.16 Å². The molecular formula is C10H21F2O3P. The van der Waals surface area contributed by atoms with Crippen LogP contribution in [-0.2, 0) is 13.6 Å². The molecule has 98 valence electrons. The summed E-state index contributed by atoms with van der Waals surface area (Å²) in [5, 5.41) is -1.22. The van der Waals surface area contributed by atoms with E-state index in [0.717, 1.165) is 0 Å². The van der Waals surface area contributed by atoms with Crippen LogP contribution in [0.3, 0.4) is 0 Å². The Bertz CT molecular complexity index is 269. The van der Waals surface area contributed by atoms with E-state index in [1.54, 1.807) is 0 Å². The molecule has 0 unspecified atom stereocenters. The van der Waals surface area contributed by atoms with Crippen LogP contribution in [0.4, 0.5) is 8.78 Å². The van der Waals surface area contributed by atoms with E-state index >= 15 is 0 Å². The second kappa shape index (κ2) is 5.11. The van der Waals surface area contributed by atoms with E-state index in [9.17, 15) is 13.3 Å². The van der Waals surface area contributed by atoms with Crippen molar-refractivity contribution < 1.29 is 22.4 Å². The van der Waals surface area contributed by atoms with E-state index in [4.69, 9.17) is 9.05 Å². The normalized spacial score (nSPS) is 14.6. The lowest BCUT2D eigenvalue weighted by Crippen LogP contribution is -2.35. The van der Waals surface area contributed by atoms with Gasteiger partial charge in [0.1, 0.15) is 0 Å². The van der Waals surface area contributed by atoms with Gasteiger partial charge >= 0.3 is 7.60 Å². The summed E-state index contributed by atoms with van der Waals surface area (Å²) in [6.07, 6.45) is -0.531. The van der Waals surface area contributed by atoms with Crippen LogP contribution >= 0.6 is 7.60 Å². The number of rotatable bonds is 6. The molecule has 0 heterocycles. The zero-order valence-electron chi connectivity index (χ0n) is 10.7. The lowest BCUT2D eigenvalue weighted by atomic mass is 9.95. The minimum absolute atomic E-state index is 0.531. The Kier molecular flexibility index (Phi) is 5.11. The third kappa shape index (κ3) is 3.25. The van der Waals surface area contributed by atoms with Crippen LogP contribution < -0.4 is 0 Å². The molecule has 0 rings (SSSR count). The summed E-state index contributed by atoms with van der Waals surface area (Å²) >= 11 is 0. The standard InChI is InChI=1S/C10H21F2O3P/c1-8(2)10(11,12)7-9(3,4)16(13,14-5)15-6/h8H,7H2,1-6H3. The van der Waals surface area contributed by atoms with E-state index in [1.165, 1.54) is 41.9 Å². The maximum Gasteiger partial charge on any atom is 0.335 e. The monoisotopic (exact) mass is 258 g/mol. The maximum atomic E-state index is 13.6. The van der Waals surface area contributed by atoms with Crippen molar-refractivity contribution >= 4 is 7.60 Å². The molecule has 0 aromatic carbocycles. The van der Waals surface area contributed by atoms with Gasteiger partial charge in [-0.2, -0.15) is 0 Å². The van der Waals surface area contributed by atoms with Crippen molar-refractivity contribution in [2.75, 3.05) is 14.2 Å². The van der Waals surface area contributed by atoms with Gasteiger partial charge < -0.3 is 9.05 Å². The zero-order valence-corrected chi connectivity index (χ0v) is 11.6. The first-order valence-corrected chi connectivity index (χ1v) is 6.66. The van der Waals surface area contributed by atoms with E-state index < -0.39 is 31.0 Å². The summed E-state index contributed by atoms with van der Waals surface area (Å²) in [7, 11) is -1.08. The summed E-state index contributed by atoms with van der Waals surface area (Å²) in [5.41, 5.74) is 0. The Hall–Kier alpha value is 0.01000. The van der Waals surface area contributed by atoms with Crippen molar-refractivity contribution in [3.8, 4) is 0 Å². The topological polar surface area (TPSA) is 35.5 Å². The number of halogens is 2. The van der Waals surface area contributed by atoms with Crippen LogP contribution in [0.2, 0.25) is 0 Å². The van der Waals surface area contributed by atoms with E-state index in [1.807, 2.05) is 0 Å². The molecule has 0 saturated carbocycles. The van der Waals surface area contributed by atoms with Crippen molar-refractivity contribution in [1.29, 1.82) is 0 Å². The average molecular weight is 258 g/mol. The predicted octanol–water partition coefficient (Wildman–Crippen LogP) is 3.93. The van der Waals surface area contributed by atoms with Gasteiger partial charge in [0, 0.05) is 26.6 Å². The molecule has 0 atom stereocenters. The highest BCUT2D eigenvalue weighted by Crippen LogP contribution is 2.62. The maximum absolute atomic E-state index is 13.6. The Labute approximate surface area is 96.0 Å². The highest BCUT2D eigenvalue weighted by molar-refractivity contribution is 7.55. The lowest BCUT2D eigenvalue weighted by Gasteiger charge is -2.35. The third-order valence-corrected chi connectivity index (χ3v) is 5.34. The van der Waals surface area contributed by atoms with Crippen LogP contribution in [0.15, 0.2) is 0 Å². The van der Waals surface area contributed by atoms with Crippen molar-refractivity contribution in [2.24, 2.45) is 5.92 Å². The Morgan fingerprint density at radius 1 is 1.19 bits per heavy atom. The molecule has 0 saturated heterocycles. The number of alkyl halides is 2. The van der Waals surface area contributed by atoms with Crippen molar-refractivity contribution in [3.63, 3.8) is 0 Å². The Balaban J connectivity index is 5.02. The molecule has 0 aliphatic rings. The summed E-state index contributed by atoms with van der Waals surface area (Å²) < 4.78 is 48.9. The number of hydrogen-bond donors (Lipinski definition) is 0. The second-order valence-electron chi connectivity index (χ2n) is 4.77. The van der Waals surface area contributed by atoms with Gasteiger partial charge in [-0.25, -0.2) is 8.78 Å². The molecule has 0 aliphatic carbocycles. The van der Waals surface area contributed by atoms with Crippen molar-refractivity contribution in [3.05, 3.63) is 0 Å². The quantitative estimate of drug-likeness (QED) is 0.677. The van der Waals surface area contributed by atoms with Gasteiger partial charge in [-0.05, 0) is 13.8 Å². The van der Waals surface area contributed by atoms with Gasteiger partial charge in [-0.1, -0.05) is 13.8 Å². The fourth-order valence-electron chi connectivity index (χ4n) is 1.45. The summed E-state index contributed by atoms with van der Waals surface area (Å²) in [6, 6.07) is 0. The molecule has 0 spiro atoms. The molecule has 0 aliphatic heterocycles. The molecular weight excluding hydrogens is 237 g/mol. The van der Waals surface area contributed by atoms with Crippen LogP contribution in [0.25, 0.3) is 0 Å². The molecule has 0 radical (unpaired) electrons. The summed E-state index contributed by atoms with van der Waals surface area (Å²) in [6.45, 7) is 5.80. The Morgan fingerprint density at radius 2 is 1.56 bits per heavy atom. The molecule has 16 heavy (non-hydrogen) atoms. The van der Waals surface area contributed by atoms with Crippen LogP contribution in [0.5, 0.6) is 0 Å². The van der Waals surface area contributed by atoms with Crippen LogP contribution in [0, 0.1) is 5.92 Å². The highest BCUT2D eigenvalue weighted by Gasteiger charge is 2.50. The minimum Gasteiger partial charge on any atom is -0.312 e. The fourth-order valence-corrected chi connectivity index (χ4v) is 2.99. The van der Waals surface area contributed by atoms with Crippen molar-refractivity contribution in [1.82, 2.24) is 0 Å². The lowest BCUT2D eigenvalue weighted by molar-refractivity contribution is -0.0609. The zero-order chi connectivity index (χ0) is 13.2. The third-order valence-electron chi connectivity index (χ3n) is 2.74. The van der Waals surface area contributed by atoms with Gasteiger partial charge in [0.25, 0.3) is 5.92 Å². The molecule has 0 fully saturated rings. The van der Waals surface area contributed by atoms with Crippen LogP contribution in [-0.4, -0.2) is 25.3 Å². The Morgan fingerprint density at radius 3 is 1.81 bits per heavy atom. The second-order valence-corrected chi connectivity index (χ2v) is 7.70. The minimum atomic E-state index is -3.50. The molecule has 0 aromatic heterocycles. The average Bonchev–Trinajstić information content (AvgIpc) is 2.14. The fraction of sp³-hybridized carbons (Fsp3) is 1.00. The van der Waals surface area contributed by atoms with Crippen LogP contribution in [0.1, 0.15) is 34.1 Å². The smallest absolute Gasteiger partial charge is 0.312 e. The summed E-state index contributed by atoms with van der Waals surface area (Å²) in [4.78, 5) is 0. The van der Waals surface area contributed by atoms with Gasteiger partial charge in [-0.3, -0.25) is 4.57 Å². The van der Waals surface area contributed by atoms with E-state index in [-0.39, 0.29) is 0 Å². The molecule has 0 amide bonds.